The van der Waals surface area contributed by atoms with E-state index >= 15 is 0 Å². The van der Waals surface area contributed by atoms with Gasteiger partial charge in [0.05, 0.1) is 5.56 Å². The fourth-order valence-corrected chi connectivity index (χ4v) is 9.56. The van der Waals surface area contributed by atoms with Crippen LogP contribution < -0.4 is 5.32 Å². The standard InChI is InChI=1S/C39H54N4O5Si/c1-5-48-49(3,4)27-15-23-40-35(44)22-7-6-12-24-41(2)37(45)33-20-13-25-42(33)38(46)34-21-14-26-43(34)39(47)36-31-18-10-8-16-29(31)28-30-17-9-11-19-32(30)36/h8-11,16-19,28,33-34H,5-7,12-15,20-27H2,1-4H3,(H,40,44)/t33-,34-/m0/s1. The van der Waals surface area contributed by atoms with Crippen molar-refractivity contribution in [1.82, 2.24) is 20.0 Å². The number of carbonyl (C=O) groups excluding carboxylic acids is 4. The molecule has 2 atom stereocenters. The van der Waals surface area contributed by atoms with E-state index < -0.39 is 20.4 Å². The van der Waals surface area contributed by atoms with Crippen LogP contribution >= 0.6 is 0 Å². The van der Waals surface area contributed by atoms with Gasteiger partial charge in [0.2, 0.25) is 17.7 Å². The maximum atomic E-state index is 14.3. The summed E-state index contributed by atoms with van der Waals surface area (Å²) in [5, 5.41) is 6.80. The van der Waals surface area contributed by atoms with E-state index in [0.29, 0.717) is 51.0 Å². The van der Waals surface area contributed by atoms with E-state index in [2.05, 4.69) is 24.5 Å². The van der Waals surface area contributed by atoms with Gasteiger partial charge in [-0.15, -0.1) is 0 Å². The van der Waals surface area contributed by atoms with Crippen LogP contribution in [0.4, 0.5) is 0 Å². The molecule has 49 heavy (non-hydrogen) atoms. The number of nitrogens with zero attached hydrogens (tertiary/aromatic N) is 3. The van der Waals surface area contributed by atoms with Crippen LogP contribution in [0.1, 0.15) is 75.1 Å². The third-order valence-corrected chi connectivity index (χ3v) is 12.8. The van der Waals surface area contributed by atoms with Crippen molar-refractivity contribution in [2.45, 2.75) is 95.9 Å². The summed E-state index contributed by atoms with van der Waals surface area (Å²) in [6, 6.07) is 17.9. The Morgan fingerprint density at radius 3 is 2.16 bits per heavy atom. The minimum absolute atomic E-state index is 0.0435. The molecule has 0 aliphatic carbocycles. The molecule has 2 fully saturated rings. The first-order valence-corrected chi connectivity index (χ1v) is 21.4. The van der Waals surface area contributed by atoms with E-state index in [1.807, 2.05) is 55.5 Å². The molecule has 5 rings (SSSR count). The van der Waals surface area contributed by atoms with Crippen LogP contribution in [-0.2, 0) is 18.8 Å². The molecule has 0 radical (unpaired) electrons. The molecule has 3 aromatic carbocycles. The minimum atomic E-state index is -1.62. The summed E-state index contributed by atoms with van der Waals surface area (Å²) in [5.74, 6) is -0.204. The Balaban J connectivity index is 1.12. The van der Waals surface area contributed by atoms with Crippen molar-refractivity contribution in [3.05, 3.63) is 60.2 Å². The van der Waals surface area contributed by atoms with Gasteiger partial charge in [0, 0.05) is 46.3 Å². The van der Waals surface area contributed by atoms with E-state index in [1.54, 1.807) is 21.7 Å². The Morgan fingerprint density at radius 2 is 1.49 bits per heavy atom. The molecule has 4 amide bonds. The number of hydrogen-bond acceptors (Lipinski definition) is 5. The third kappa shape index (κ3) is 8.89. The normalized spacial score (nSPS) is 18.0. The average molecular weight is 687 g/mol. The smallest absolute Gasteiger partial charge is 0.255 e. The maximum absolute atomic E-state index is 14.3. The SMILES string of the molecule is CCO[Si](C)(C)CCCNC(=O)CCCCCN(C)C(=O)[C@@H]1CCCN1C(=O)[C@@H]1CCCN1C(=O)c1c2ccccc2cc2ccccc12. The van der Waals surface area contributed by atoms with E-state index in [0.717, 1.165) is 72.7 Å². The van der Waals surface area contributed by atoms with Crippen molar-refractivity contribution in [2.75, 3.05) is 39.8 Å². The molecule has 10 heteroatoms. The van der Waals surface area contributed by atoms with Gasteiger partial charge in [-0.3, -0.25) is 19.2 Å². The summed E-state index contributed by atoms with van der Waals surface area (Å²) in [5.41, 5.74) is 0.641. The van der Waals surface area contributed by atoms with Crippen molar-refractivity contribution in [2.24, 2.45) is 0 Å². The van der Waals surface area contributed by atoms with Crippen molar-refractivity contribution >= 4 is 53.5 Å². The second kappa shape index (κ2) is 16.8. The van der Waals surface area contributed by atoms with Crippen LogP contribution in [0.15, 0.2) is 54.6 Å². The zero-order valence-corrected chi connectivity index (χ0v) is 30.8. The fourth-order valence-electron chi connectivity index (χ4n) is 7.60. The molecule has 3 aromatic rings. The first kappa shape index (κ1) is 36.5. The Bertz CT molecular complexity index is 1590. The number of benzene rings is 3. The number of amides is 4. The average Bonchev–Trinajstić information content (AvgIpc) is 3.79. The number of carbonyl (C=O) groups is 4. The molecule has 2 saturated heterocycles. The third-order valence-electron chi connectivity index (χ3n) is 10.2. The van der Waals surface area contributed by atoms with Gasteiger partial charge in [-0.05, 0) is 98.6 Å². The number of likely N-dealkylation sites (tertiary alicyclic amines) is 2. The molecular formula is C39H54N4O5Si. The fraction of sp³-hybridized carbons (Fsp3) is 0.538. The second-order valence-electron chi connectivity index (χ2n) is 14.3. The predicted octanol–water partition coefficient (Wildman–Crippen LogP) is 6.36. The Labute approximate surface area is 292 Å². The number of hydrogen-bond donors (Lipinski definition) is 1. The monoisotopic (exact) mass is 686 g/mol. The largest absolute Gasteiger partial charge is 0.418 e. The highest BCUT2D eigenvalue weighted by atomic mass is 28.4. The van der Waals surface area contributed by atoms with Crippen molar-refractivity contribution in [3.8, 4) is 0 Å². The van der Waals surface area contributed by atoms with Crippen LogP contribution in [0, 0.1) is 0 Å². The lowest BCUT2D eigenvalue weighted by Gasteiger charge is -2.33. The molecule has 0 saturated carbocycles. The van der Waals surface area contributed by atoms with Crippen molar-refractivity contribution in [1.29, 1.82) is 0 Å². The van der Waals surface area contributed by atoms with Gasteiger partial charge in [0.1, 0.15) is 12.1 Å². The molecule has 0 bridgehead atoms. The predicted molar refractivity (Wildman–Crippen MR) is 198 cm³/mol. The zero-order valence-electron chi connectivity index (χ0n) is 29.8. The number of likely N-dealkylation sites (N-methyl/N-ethyl adjacent to an activating group) is 1. The summed E-state index contributed by atoms with van der Waals surface area (Å²) >= 11 is 0. The highest BCUT2D eigenvalue weighted by Crippen LogP contribution is 2.33. The van der Waals surface area contributed by atoms with Gasteiger partial charge in [-0.2, -0.15) is 0 Å². The van der Waals surface area contributed by atoms with Gasteiger partial charge >= 0.3 is 0 Å². The topological polar surface area (TPSA) is 99.3 Å². The Hall–Kier alpha value is -3.76. The molecule has 264 valence electrons. The molecule has 0 unspecified atom stereocenters. The van der Waals surface area contributed by atoms with Crippen LogP contribution in [-0.4, -0.2) is 98.6 Å². The van der Waals surface area contributed by atoms with E-state index in [9.17, 15) is 19.2 Å². The second-order valence-corrected chi connectivity index (χ2v) is 18.6. The molecule has 2 aliphatic rings. The van der Waals surface area contributed by atoms with Crippen LogP contribution in [0.5, 0.6) is 0 Å². The Kier molecular flexibility index (Phi) is 12.5. The highest BCUT2D eigenvalue weighted by molar-refractivity contribution is 6.71. The van der Waals surface area contributed by atoms with Crippen LogP contribution in [0.3, 0.4) is 0 Å². The van der Waals surface area contributed by atoms with Crippen molar-refractivity contribution in [3.63, 3.8) is 0 Å². The molecule has 0 spiro atoms. The van der Waals surface area contributed by atoms with Gasteiger partial charge in [0.25, 0.3) is 5.91 Å². The summed E-state index contributed by atoms with van der Waals surface area (Å²) in [4.78, 5) is 59.6. The summed E-state index contributed by atoms with van der Waals surface area (Å²) in [7, 11) is 0.188. The van der Waals surface area contributed by atoms with E-state index in [4.69, 9.17) is 4.43 Å². The van der Waals surface area contributed by atoms with Gasteiger partial charge in [0.15, 0.2) is 8.32 Å². The van der Waals surface area contributed by atoms with Gasteiger partial charge < -0.3 is 24.4 Å². The lowest BCUT2D eigenvalue weighted by Crippen LogP contribution is -2.53. The molecule has 0 aromatic heterocycles. The van der Waals surface area contributed by atoms with Crippen LogP contribution in [0.2, 0.25) is 19.1 Å². The summed E-state index contributed by atoms with van der Waals surface area (Å²) < 4.78 is 5.85. The van der Waals surface area contributed by atoms with Gasteiger partial charge in [-0.1, -0.05) is 55.0 Å². The number of unbranched alkanes of at least 4 members (excludes halogenated alkanes) is 2. The van der Waals surface area contributed by atoms with Crippen LogP contribution in [0.25, 0.3) is 21.5 Å². The first-order chi connectivity index (χ1) is 23.6. The lowest BCUT2D eigenvalue weighted by molar-refractivity contribution is -0.145. The quantitative estimate of drug-likeness (QED) is 0.114. The minimum Gasteiger partial charge on any atom is -0.418 e. The Morgan fingerprint density at radius 1 is 0.857 bits per heavy atom. The number of nitrogens with one attached hydrogen (secondary N) is 1. The lowest BCUT2D eigenvalue weighted by atomic mass is 9.95. The molecule has 2 aliphatic heterocycles. The highest BCUT2D eigenvalue weighted by Gasteiger charge is 2.43. The summed E-state index contributed by atoms with van der Waals surface area (Å²) in [6.07, 6.45) is 6.61. The molecule has 9 nitrogen and oxygen atoms in total. The van der Waals surface area contributed by atoms with E-state index in [1.165, 1.54) is 0 Å². The number of rotatable bonds is 15. The maximum Gasteiger partial charge on any atom is 0.255 e. The van der Waals surface area contributed by atoms with Crippen molar-refractivity contribution < 1.29 is 23.6 Å². The van der Waals surface area contributed by atoms with Gasteiger partial charge in [-0.25, -0.2) is 0 Å². The molecular weight excluding hydrogens is 633 g/mol. The zero-order chi connectivity index (χ0) is 35.0. The molecule has 1 N–H and O–H groups in total. The van der Waals surface area contributed by atoms with E-state index in [-0.39, 0.29) is 23.6 Å². The number of fused-ring (bicyclic) bond motifs is 2. The first-order valence-electron chi connectivity index (χ1n) is 18.3. The summed E-state index contributed by atoms with van der Waals surface area (Å²) in [6.45, 7) is 9.51. The molecule has 2 heterocycles.